The Morgan fingerprint density at radius 2 is 1.55 bits per heavy atom. The molecule has 2 rings (SSSR count). The standard InChI is InChI=1S/C26H46O3/c1-4-5-6-7-8-9-10-11-12-13-14-15-18-29-26-17-16-23(20-26)19-24(26)21-28-25(27)22(2)3/h23-24H,2,4-21H2,1,3H3. The van der Waals surface area contributed by atoms with Crippen LogP contribution in [-0.2, 0) is 14.3 Å². The van der Waals surface area contributed by atoms with Gasteiger partial charge in [0.1, 0.15) is 0 Å². The Morgan fingerprint density at radius 1 is 0.966 bits per heavy atom. The molecule has 2 bridgehead atoms. The van der Waals surface area contributed by atoms with E-state index in [0.29, 0.717) is 18.1 Å². The molecule has 2 fully saturated rings. The third kappa shape index (κ3) is 8.44. The first kappa shape index (κ1) is 24.4. The Bertz CT molecular complexity index is 486. The van der Waals surface area contributed by atoms with Gasteiger partial charge in [-0.1, -0.05) is 84.1 Å². The zero-order chi connectivity index (χ0) is 21.0. The maximum atomic E-state index is 11.7. The zero-order valence-electron chi connectivity index (χ0n) is 19.3. The normalized spacial score (nSPS) is 25.4. The van der Waals surface area contributed by atoms with Crippen molar-refractivity contribution in [2.24, 2.45) is 11.8 Å². The second-order valence-corrected chi connectivity index (χ2v) is 9.72. The van der Waals surface area contributed by atoms with Gasteiger partial charge in [0.2, 0.25) is 0 Å². The van der Waals surface area contributed by atoms with Crippen molar-refractivity contribution in [3.8, 4) is 0 Å². The van der Waals surface area contributed by atoms with E-state index in [0.717, 1.165) is 25.4 Å². The molecule has 0 saturated heterocycles. The first-order chi connectivity index (χ1) is 14.1. The molecule has 2 aliphatic carbocycles. The number of carbonyl (C=O) groups is 1. The number of fused-ring (bicyclic) bond motifs is 2. The van der Waals surface area contributed by atoms with Crippen LogP contribution in [0.1, 0.15) is 117 Å². The summed E-state index contributed by atoms with van der Waals surface area (Å²) in [5, 5.41) is 0. The first-order valence-corrected chi connectivity index (χ1v) is 12.5. The maximum Gasteiger partial charge on any atom is 0.333 e. The second-order valence-electron chi connectivity index (χ2n) is 9.72. The maximum absolute atomic E-state index is 11.7. The molecular formula is C26H46O3. The lowest BCUT2D eigenvalue weighted by Crippen LogP contribution is -2.39. The molecule has 0 heterocycles. The van der Waals surface area contributed by atoms with E-state index in [-0.39, 0.29) is 11.6 Å². The summed E-state index contributed by atoms with van der Waals surface area (Å²) in [6, 6.07) is 0. The van der Waals surface area contributed by atoms with Crippen LogP contribution in [0, 0.1) is 11.8 Å². The van der Waals surface area contributed by atoms with Crippen molar-refractivity contribution in [3.63, 3.8) is 0 Å². The Balaban J connectivity index is 1.49. The molecule has 0 aromatic heterocycles. The highest BCUT2D eigenvalue weighted by Gasteiger charge is 2.53. The fourth-order valence-electron chi connectivity index (χ4n) is 5.32. The van der Waals surface area contributed by atoms with Gasteiger partial charge in [-0.05, 0) is 44.9 Å². The summed E-state index contributed by atoms with van der Waals surface area (Å²) < 4.78 is 11.9. The molecule has 0 aromatic carbocycles. The smallest absolute Gasteiger partial charge is 0.333 e. The molecule has 0 aliphatic heterocycles. The number of ether oxygens (including phenoxy) is 2. The summed E-state index contributed by atoms with van der Waals surface area (Å²) in [6.45, 7) is 9.04. The van der Waals surface area contributed by atoms with Gasteiger partial charge in [-0.2, -0.15) is 0 Å². The lowest BCUT2D eigenvalue weighted by atomic mass is 9.85. The van der Waals surface area contributed by atoms with E-state index >= 15 is 0 Å². The lowest BCUT2D eigenvalue weighted by molar-refractivity contribution is -0.146. The van der Waals surface area contributed by atoms with E-state index in [9.17, 15) is 4.79 Å². The van der Waals surface area contributed by atoms with Gasteiger partial charge >= 0.3 is 5.97 Å². The minimum Gasteiger partial charge on any atom is -0.462 e. The van der Waals surface area contributed by atoms with Crippen molar-refractivity contribution in [3.05, 3.63) is 12.2 Å². The van der Waals surface area contributed by atoms with Crippen molar-refractivity contribution in [1.29, 1.82) is 0 Å². The summed E-state index contributed by atoms with van der Waals surface area (Å²) in [7, 11) is 0. The Labute approximate surface area is 180 Å². The van der Waals surface area contributed by atoms with Crippen LogP contribution in [-0.4, -0.2) is 24.8 Å². The summed E-state index contributed by atoms with van der Waals surface area (Å²) in [4.78, 5) is 11.7. The van der Waals surface area contributed by atoms with E-state index in [1.807, 2.05) is 0 Å². The van der Waals surface area contributed by atoms with Crippen molar-refractivity contribution < 1.29 is 14.3 Å². The first-order valence-electron chi connectivity index (χ1n) is 12.5. The topological polar surface area (TPSA) is 35.5 Å². The van der Waals surface area contributed by atoms with Crippen LogP contribution in [0.3, 0.4) is 0 Å². The molecule has 0 radical (unpaired) electrons. The highest BCUT2D eigenvalue weighted by Crippen LogP contribution is 2.53. The number of hydrogen-bond donors (Lipinski definition) is 0. The number of rotatable bonds is 17. The fraction of sp³-hybridized carbons (Fsp3) is 0.885. The molecule has 0 amide bonds. The number of esters is 1. The average molecular weight is 407 g/mol. The summed E-state index contributed by atoms with van der Waals surface area (Å²) in [5.41, 5.74) is 0.470. The van der Waals surface area contributed by atoms with E-state index in [4.69, 9.17) is 9.47 Å². The van der Waals surface area contributed by atoms with Gasteiger partial charge in [0.25, 0.3) is 0 Å². The van der Waals surface area contributed by atoms with Gasteiger partial charge in [0.05, 0.1) is 12.2 Å². The molecule has 168 valence electrons. The molecule has 29 heavy (non-hydrogen) atoms. The molecule has 0 N–H and O–H groups in total. The van der Waals surface area contributed by atoms with Crippen molar-refractivity contribution in [2.75, 3.05) is 13.2 Å². The molecule has 3 unspecified atom stereocenters. The Kier molecular flexibility index (Phi) is 11.4. The van der Waals surface area contributed by atoms with Crippen molar-refractivity contribution in [1.82, 2.24) is 0 Å². The monoisotopic (exact) mass is 406 g/mol. The predicted octanol–water partition coefficient (Wildman–Crippen LogP) is 7.38. The molecular weight excluding hydrogens is 360 g/mol. The third-order valence-electron chi connectivity index (χ3n) is 7.12. The second kappa shape index (κ2) is 13.5. The predicted molar refractivity (Wildman–Crippen MR) is 121 cm³/mol. The van der Waals surface area contributed by atoms with Crippen LogP contribution in [0.4, 0.5) is 0 Å². The van der Waals surface area contributed by atoms with E-state index in [1.165, 1.54) is 89.9 Å². The van der Waals surface area contributed by atoms with Crippen LogP contribution in [0.5, 0.6) is 0 Å². The van der Waals surface area contributed by atoms with E-state index in [2.05, 4.69) is 13.5 Å². The highest BCUT2D eigenvalue weighted by atomic mass is 16.5. The largest absolute Gasteiger partial charge is 0.462 e. The Morgan fingerprint density at radius 3 is 2.10 bits per heavy atom. The SMILES string of the molecule is C=C(C)C(=O)OCC1CC2CCC1(OCCCCCCCCCCCCCC)C2. The van der Waals surface area contributed by atoms with E-state index in [1.54, 1.807) is 6.92 Å². The lowest BCUT2D eigenvalue weighted by Gasteiger charge is -2.35. The summed E-state index contributed by atoms with van der Waals surface area (Å²) in [6.07, 6.45) is 21.2. The quantitative estimate of drug-likeness (QED) is 0.144. The molecule has 0 spiro atoms. The third-order valence-corrected chi connectivity index (χ3v) is 7.12. The van der Waals surface area contributed by atoms with Gasteiger partial charge in [-0.3, -0.25) is 0 Å². The van der Waals surface area contributed by atoms with Crippen LogP contribution < -0.4 is 0 Å². The van der Waals surface area contributed by atoms with Gasteiger partial charge in [0, 0.05) is 18.1 Å². The van der Waals surface area contributed by atoms with Crippen LogP contribution in [0.15, 0.2) is 12.2 Å². The molecule has 2 saturated carbocycles. The number of hydrogen-bond acceptors (Lipinski definition) is 3. The minimum absolute atomic E-state index is 0.0161. The van der Waals surface area contributed by atoms with Crippen molar-refractivity contribution in [2.45, 2.75) is 122 Å². The van der Waals surface area contributed by atoms with Crippen LogP contribution >= 0.6 is 0 Å². The molecule has 3 atom stereocenters. The minimum atomic E-state index is -0.260. The van der Waals surface area contributed by atoms with Gasteiger partial charge < -0.3 is 9.47 Å². The summed E-state index contributed by atoms with van der Waals surface area (Å²) in [5.74, 6) is 0.885. The average Bonchev–Trinajstić information content (AvgIpc) is 3.27. The van der Waals surface area contributed by atoms with Gasteiger partial charge in [-0.15, -0.1) is 0 Å². The van der Waals surface area contributed by atoms with Gasteiger partial charge in [-0.25, -0.2) is 4.79 Å². The van der Waals surface area contributed by atoms with Crippen LogP contribution in [0.2, 0.25) is 0 Å². The van der Waals surface area contributed by atoms with Crippen LogP contribution in [0.25, 0.3) is 0 Å². The molecule has 2 aliphatic rings. The van der Waals surface area contributed by atoms with Gasteiger partial charge in [0.15, 0.2) is 0 Å². The summed E-state index contributed by atoms with van der Waals surface area (Å²) >= 11 is 0. The van der Waals surface area contributed by atoms with E-state index < -0.39 is 0 Å². The Hall–Kier alpha value is -0.830. The highest BCUT2D eigenvalue weighted by molar-refractivity contribution is 5.86. The molecule has 3 heteroatoms. The fourth-order valence-corrected chi connectivity index (χ4v) is 5.32. The molecule has 3 nitrogen and oxygen atoms in total. The number of carbonyl (C=O) groups excluding carboxylic acids is 1. The molecule has 0 aromatic rings. The zero-order valence-corrected chi connectivity index (χ0v) is 19.3. The van der Waals surface area contributed by atoms with Crippen molar-refractivity contribution >= 4 is 5.97 Å². The number of unbranched alkanes of at least 4 members (excludes halogenated alkanes) is 11.